The Morgan fingerprint density at radius 2 is 1.59 bits per heavy atom. The first kappa shape index (κ1) is 23.8. The molecule has 2 aliphatic heterocycles. The minimum atomic E-state index is 0.224. The zero-order valence-corrected chi connectivity index (χ0v) is 21.7. The average Bonchev–Trinajstić information content (AvgIpc) is 2.71. The van der Waals surface area contributed by atoms with Crippen molar-refractivity contribution in [2.24, 2.45) is 0 Å². The van der Waals surface area contributed by atoms with Crippen molar-refractivity contribution in [2.75, 3.05) is 20.6 Å². The van der Waals surface area contributed by atoms with Gasteiger partial charge in [0.15, 0.2) is 0 Å². The maximum Gasteiger partial charge on any atom is 0.222 e. The molecule has 0 amide bonds. The Labute approximate surface area is 201 Å². The second-order valence-corrected chi connectivity index (χ2v) is 10.7. The minimum Gasteiger partial charge on any atom is -0.299 e. The van der Waals surface area contributed by atoms with Crippen LogP contribution in [0.1, 0.15) is 98.7 Å². The number of likely N-dealkylation sites (N-methyl/N-ethyl adjacent to an activating group) is 2. The lowest BCUT2D eigenvalue weighted by Crippen LogP contribution is -2.37. The number of aromatic nitrogens is 4. The largest absolute Gasteiger partial charge is 0.299 e. The van der Waals surface area contributed by atoms with Gasteiger partial charge in [-0.15, -0.1) is 0 Å². The van der Waals surface area contributed by atoms with Crippen LogP contribution in [0.2, 0.25) is 10.6 Å². The van der Waals surface area contributed by atoms with Crippen LogP contribution in [0.3, 0.4) is 0 Å². The van der Waals surface area contributed by atoms with E-state index in [0.29, 0.717) is 22.5 Å². The van der Waals surface area contributed by atoms with E-state index in [0.717, 1.165) is 48.7 Å². The van der Waals surface area contributed by atoms with Crippen molar-refractivity contribution in [1.29, 1.82) is 0 Å². The Morgan fingerprint density at radius 3 is 2.28 bits per heavy atom. The third-order valence-electron chi connectivity index (χ3n) is 7.35. The van der Waals surface area contributed by atoms with E-state index >= 15 is 0 Å². The molecule has 2 aliphatic rings. The fourth-order valence-corrected chi connectivity index (χ4v) is 5.68. The molecule has 0 saturated carbocycles. The quantitative estimate of drug-likeness (QED) is 0.553. The molecule has 0 saturated heterocycles. The van der Waals surface area contributed by atoms with Crippen LogP contribution in [0.5, 0.6) is 0 Å². The van der Waals surface area contributed by atoms with Crippen LogP contribution in [-0.2, 0) is 13.0 Å². The molecular formula is C24H34Cl2N6. The number of hydrogen-bond donors (Lipinski definition) is 0. The predicted molar refractivity (Wildman–Crippen MR) is 130 cm³/mol. The molecule has 174 valence electrons. The summed E-state index contributed by atoms with van der Waals surface area (Å²) in [6.07, 6.45) is 1.83. The van der Waals surface area contributed by atoms with Crippen molar-refractivity contribution >= 4 is 23.2 Å². The van der Waals surface area contributed by atoms with Gasteiger partial charge in [-0.2, -0.15) is 0 Å². The highest BCUT2D eigenvalue weighted by Gasteiger charge is 2.36. The van der Waals surface area contributed by atoms with Crippen LogP contribution in [0, 0.1) is 0 Å². The first-order valence-corrected chi connectivity index (χ1v) is 12.3. The number of hydrogen-bond acceptors (Lipinski definition) is 6. The van der Waals surface area contributed by atoms with Crippen molar-refractivity contribution in [3.8, 4) is 0 Å². The molecule has 8 heteroatoms. The highest BCUT2D eigenvalue weighted by molar-refractivity contribution is 6.28. The predicted octanol–water partition coefficient (Wildman–Crippen LogP) is 5.36. The molecule has 4 atom stereocenters. The van der Waals surface area contributed by atoms with E-state index in [9.17, 15) is 0 Å². The minimum absolute atomic E-state index is 0.224. The van der Waals surface area contributed by atoms with E-state index in [1.807, 2.05) is 0 Å². The molecule has 0 N–H and O–H groups in total. The Balaban J connectivity index is 1.72. The summed E-state index contributed by atoms with van der Waals surface area (Å²) in [6, 6.07) is 0.716. The SMILES string of the molecule is CC(C)c1nc(Cl)nc2c1C(C)N(C)CC2CC(C)c1nc(Cl)nc2c1CN(C)C(C)C2. The van der Waals surface area contributed by atoms with E-state index < -0.39 is 0 Å². The highest BCUT2D eigenvalue weighted by atomic mass is 35.5. The first-order valence-electron chi connectivity index (χ1n) is 11.6. The van der Waals surface area contributed by atoms with Crippen molar-refractivity contribution in [1.82, 2.24) is 29.7 Å². The van der Waals surface area contributed by atoms with Gasteiger partial charge >= 0.3 is 0 Å². The Kier molecular flexibility index (Phi) is 6.79. The summed E-state index contributed by atoms with van der Waals surface area (Å²) in [4.78, 5) is 23.4. The van der Waals surface area contributed by atoms with Gasteiger partial charge in [0.2, 0.25) is 10.6 Å². The standard InChI is InChI=1S/C24H34Cl2N6/c1-12(2)20-19-15(5)32(7)10-16(22(19)30-24(26)28-20)8-13(3)21-17-11-31(6)14(4)9-18(17)27-23(25)29-21/h12-16H,8-11H2,1-7H3. The number of nitrogens with zero attached hydrogens (tertiary/aromatic N) is 6. The molecule has 4 unspecified atom stereocenters. The summed E-state index contributed by atoms with van der Waals surface area (Å²) in [5, 5.41) is 0.699. The molecule has 32 heavy (non-hydrogen) atoms. The van der Waals surface area contributed by atoms with Crippen LogP contribution >= 0.6 is 23.2 Å². The summed E-state index contributed by atoms with van der Waals surface area (Å²) >= 11 is 12.8. The van der Waals surface area contributed by atoms with Crippen molar-refractivity contribution in [3.63, 3.8) is 0 Å². The maximum atomic E-state index is 6.39. The summed E-state index contributed by atoms with van der Waals surface area (Å²) < 4.78 is 0. The zero-order valence-electron chi connectivity index (χ0n) is 20.2. The lowest BCUT2D eigenvalue weighted by molar-refractivity contribution is 0.208. The fraction of sp³-hybridized carbons (Fsp3) is 0.667. The van der Waals surface area contributed by atoms with Gasteiger partial charge in [0.25, 0.3) is 0 Å². The molecule has 0 radical (unpaired) electrons. The van der Waals surface area contributed by atoms with E-state index in [-0.39, 0.29) is 17.9 Å². The maximum absolute atomic E-state index is 6.39. The Morgan fingerprint density at radius 1 is 0.938 bits per heavy atom. The monoisotopic (exact) mass is 476 g/mol. The lowest BCUT2D eigenvalue weighted by atomic mass is 9.81. The van der Waals surface area contributed by atoms with Crippen LogP contribution < -0.4 is 0 Å². The smallest absolute Gasteiger partial charge is 0.222 e. The van der Waals surface area contributed by atoms with Crippen LogP contribution in [0.4, 0.5) is 0 Å². The first-order chi connectivity index (χ1) is 15.1. The number of rotatable bonds is 4. The molecule has 2 aromatic rings. The zero-order chi connectivity index (χ0) is 23.3. The van der Waals surface area contributed by atoms with Crippen LogP contribution in [0.25, 0.3) is 0 Å². The summed E-state index contributed by atoms with van der Waals surface area (Å²) in [5.74, 6) is 0.771. The highest BCUT2D eigenvalue weighted by Crippen LogP contribution is 2.42. The van der Waals surface area contributed by atoms with Crippen molar-refractivity contribution < 1.29 is 0 Å². The lowest BCUT2D eigenvalue weighted by Gasteiger charge is -2.39. The van der Waals surface area contributed by atoms with Gasteiger partial charge in [-0.1, -0.05) is 20.8 Å². The molecule has 4 heterocycles. The van der Waals surface area contributed by atoms with Crippen molar-refractivity contribution in [2.45, 2.75) is 83.8 Å². The van der Waals surface area contributed by atoms with E-state index in [1.165, 1.54) is 11.1 Å². The van der Waals surface area contributed by atoms with E-state index in [2.05, 4.69) is 68.5 Å². The van der Waals surface area contributed by atoms with Gasteiger partial charge in [0.05, 0.1) is 22.8 Å². The summed E-state index contributed by atoms with van der Waals surface area (Å²) in [7, 11) is 4.35. The topological polar surface area (TPSA) is 58.0 Å². The summed E-state index contributed by atoms with van der Waals surface area (Å²) in [5.41, 5.74) is 6.82. The molecule has 2 aromatic heterocycles. The third-order valence-corrected chi connectivity index (χ3v) is 7.69. The van der Waals surface area contributed by atoms with Gasteiger partial charge in [-0.05, 0) is 69.4 Å². The van der Waals surface area contributed by atoms with Crippen LogP contribution in [0.15, 0.2) is 0 Å². The molecule has 6 nitrogen and oxygen atoms in total. The molecule has 0 aliphatic carbocycles. The van der Waals surface area contributed by atoms with Gasteiger partial charge < -0.3 is 0 Å². The normalized spacial score (nSPS) is 25.0. The number of halogens is 2. The van der Waals surface area contributed by atoms with E-state index in [4.69, 9.17) is 33.2 Å². The van der Waals surface area contributed by atoms with Gasteiger partial charge in [0.1, 0.15) is 0 Å². The molecule has 0 bridgehead atoms. The fourth-order valence-electron chi connectivity index (χ4n) is 5.30. The molecule has 0 aromatic carbocycles. The van der Waals surface area contributed by atoms with E-state index in [1.54, 1.807) is 0 Å². The van der Waals surface area contributed by atoms with Gasteiger partial charge in [-0.3, -0.25) is 9.80 Å². The Hall–Kier alpha value is -1.34. The second-order valence-electron chi connectivity index (χ2n) is 10.1. The average molecular weight is 477 g/mol. The Bertz CT molecular complexity index is 1010. The van der Waals surface area contributed by atoms with Crippen molar-refractivity contribution in [3.05, 3.63) is 44.5 Å². The summed E-state index contributed by atoms with van der Waals surface area (Å²) in [6.45, 7) is 12.8. The van der Waals surface area contributed by atoms with Gasteiger partial charge in [0, 0.05) is 48.6 Å². The molecule has 0 fully saturated rings. The number of fused-ring (bicyclic) bond motifs is 2. The van der Waals surface area contributed by atoms with Gasteiger partial charge in [-0.25, -0.2) is 19.9 Å². The third kappa shape index (κ3) is 4.39. The van der Waals surface area contributed by atoms with Crippen LogP contribution in [-0.4, -0.2) is 56.4 Å². The molecule has 0 spiro atoms. The molecule has 4 rings (SSSR count). The molecular weight excluding hydrogens is 443 g/mol. The second kappa shape index (κ2) is 9.13.